The molecule has 1 aromatic heterocycles. The molecule has 1 heterocycles. The van der Waals surface area contributed by atoms with Crippen molar-refractivity contribution in [3.05, 3.63) is 71.6 Å². The molecule has 3 rings (SSSR count). The second-order valence-corrected chi connectivity index (χ2v) is 8.11. The van der Waals surface area contributed by atoms with Crippen LogP contribution < -0.4 is 10.0 Å². The lowest BCUT2D eigenvalue weighted by Crippen LogP contribution is -2.11. The molecule has 124 valence electrons. The number of rotatable bonds is 6. The molecule has 0 unspecified atom stereocenters. The average Bonchev–Trinajstić information content (AvgIpc) is 3.12. The van der Waals surface area contributed by atoms with Crippen molar-refractivity contribution in [2.45, 2.75) is 17.6 Å². The molecule has 0 aliphatic carbocycles. The molecule has 0 atom stereocenters. The van der Waals surface area contributed by atoms with Gasteiger partial charge in [-0.15, -0.1) is 11.3 Å². The zero-order chi connectivity index (χ0) is 17.0. The molecular formula is C18H18N2O2S2. The minimum atomic E-state index is -3.50. The van der Waals surface area contributed by atoms with Crippen LogP contribution in [0.1, 0.15) is 12.5 Å². The van der Waals surface area contributed by atoms with Gasteiger partial charge in [-0.3, -0.25) is 4.72 Å². The van der Waals surface area contributed by atoms with Crippen molar-refractivity contribution in [1.82, 2.24) is 0 Å². The maximum absolute atomic E-state index is 12.2. The predicted octanol–water partition coefficient (Wildman–Crippen LogP) is 4.85. The van der Waals surface area contributed by atoms with E-state index < -0.39 is 10.0 Å². The zero-order valence-corrected chi connectivity index (χ0v) is 14.8. The first kappa shape index (κ1) is 16.5. The minimum absolute atomic E-state index is 0.307. The first-order valence-electron chi connectivity index (χ1n) is 7.60. The number of hydrogen-bond donors (Lipinski definition) is 2. The summed E-state index contributed by atoms with van der Waals surface area (Å²) < 4.78 is 27.3. The molecule has 4 nitrogen and oxygen atoms in total. The van der Waals surface area contributed by atoms with Gasteiger partial charge in [0.1, 0.15) is 4.21 Å². The lowest BCUT2D eigenvalue weighted by Gasteiger charge is -2.12. The molecule has 0 spiro atoms. The average molecular weight is 358 g/mol. The Bertz CT molecular complexity index is 902. The zero-order valence-electron chi connectivity index (χ0n) is 13.2. The quantitative estimate of drug-likeness (QED) is 0.662. The molecule has 0 radical (unpaired) electrons. The second-order valence-electron chi connectivity index (χ2n) is 5.25. The van der Waals surface area contributed by atoms with Crippen LogP contribution >= 0.6 is 11.3 Å². The number of sulfonamides is 1. The Hall–Kier alpha value is -2.31. The highest BCUT2D eigenvalue weighted by atomic mass is 32.2. The SMILES string of the molecule is CCc1ccccc1Nc1ccc(NS(=O)(=O)c2cccs2)cc1. The van der Waals surface area contributed by atoms with E-state index in [0.29, 0.717) is 9.90 Å². The maximum Gasteiger partial charge on any atom is 0.271 e. The molecule has 0 amide bonds. The van der Waals surface area contributed by atoms with Crippen LogP contribution in [-0.2, 0) is 16.4 Å². The summed E-state index contributed by atoms with van der Waals surface area (Å²) in [6.07, 6.45) is 0.946. The van der Waals surface area contributed by atoms with Crippen LogP contribution in [0.3, 0.4) is 0 Å². The molecule has 24 heavy (non-hydrogen) atoms. The summed E-state index contributed by atoms with van der Waals surface area (Å²) in [5, 5.41) is 5.11. The third-order valence-electron chi connectivity index (χ3n) is 3.57. The van der Waals surface area contributed by atoms with E-state index in [1.54, 1.807) is 29.6 Å². The molecule has 2 N–H and O–H groups in total. The molecule has 0 aliphatic rings. The number of benzene rings is 2. The number of anilines is 3. The summed E-state index contributed by atoms with van der Waals surface area (Å²) in [7, 11) is -3.50. The predicted molar refractivity (Wildman–Crippen MR) is 101 cm³/mol. The van der Waals surface area contributed by atoms with Crippen molar-refractivity contribution >= 4 is 38.4 Å². The Morgan fingerprint density at radius 2 is 1.62 bits per heavy atom. The fraction of sp³-hybridized carbons (Fsp3) is 0.111. The molecule has 0 aliphatic heterocycles. The summed E-state index contributed by atoms with van der Waals surface area (Å²) in [6, 6.07) is 18.7. The Labute approximate surface area is 146 Å². The van der Waals surface area contributed by atoms with E-state index >= 15 is 0 Å². The smallest absolute Gasteiger partial charge is 0.271 e. The van der Waals surface area contributed by atoms with Gasteiger partial charge in [0.05, 0.1) is 0 Å². The van der Waals surface area contributed by atoms with Gasteiger partial charge in [0.2, 0.25) is 0 Å². The van der Waals surface area contributed by atoms with Crippen LogP contribution in [0.5, 0.6) is 0 Å². The van der Waals surface area contributed by atoms with Crippen molar-refractivity contribution < 1.29 is 8.42 Å². The van der Waals surface area contributed by atoms with Crippen LogP contribution in [0.4, 0.5) is 17.1 Å². The topological polar surface area (TPSA) is 58.2 Å². The van der Waals surface area contributed by atoms with Crippen LogP contribution in [0.15, 0.2) is 70.3 Å². The van der Waals surface area contributed by atoms with Crippen molar-refractivity contribution in [3.8, 4) is 0 Å². The Morgan fingerprint density at radius 3 is 2.29 bits per heavy atom. The molecule has 0 bridgehead atoms. The van der Waals surface area contributed by atoms with Crippen LogP contribution in [0.25, 0.3) is 0 Å². The van der Waals surface area contributed by atoms with Gasteiger partial charge < -0.3 is 5.32 Å². The van der Waals surface area contributed by atoms with Gasteiger partial charge >= 0.3 is 0 Å². The van der Waals surface area contributed by atoms with Gasteiger partial charge in [0, 0.05) is 17.1 Å². The first-order valence-corrected chi connectivity index (χ1v) is 9.96. The molecule has 2 aromatic carbocycles. The van der Waals surface area contributed by atoms with Crippen molar-refractivity contribution in [2.24, 2.45) is 0 Å². The minimum Gasteiger partial charge on any atom is -0.355 e. The molecule has 0 fully saturated rings. The number of nitrogens with one attached hydrogen (secondary N) is 2. The third kappa shape index (κ3) is 3.77. The molecule has 3 aromatic rings. The van der Waals surface area contributed by atoms with E-state index in [-0.39, 0.29) is 0 Å². The van der Waals surface area contributed by atoms with E-state index in [4.69, 9.17) is 0 Å². The lowest BCUT2D eigenvalue weighted by molar-refractivity contribution is 0.603. The highest BCUT2D eigenvalue weighted by molar-refractivity contribution is 7.94. The van der Waals surface area contributed by atoms with E-state index in [0.717, 1.165) is 17.8 Å². The summed E-state index contributed by atoms with van der Waals surface area (Å²) in [5.74, 6) is 0. The molecule has 6 heteroatoms. The summed E-state index contributed by atoms with van der Waals surface area (Å²) >= 11 is 1.20. The highest BCUT2D eigenvalue weighted by Crippen LogP contribution is 2.24. The summed E-state index contributed by atoms with van der Waals surface area (Å²) in [6.45, 7) is 2.11. The lowest BCUT2D eigenvalue weighted by atomic mass is 10.1. The number of hydrogen-bond acceptors (Lipinski definition) is 4. The van der Waals surface area contributed by atoms with Crippen molar-refractivity contribution in [2.75, 3.05) is 10.0 Å². The Balaban J connectivity index is 1.74. The number of para-hydroxylation sites is 1. The number of thiophene rings is 1. The largest absolute Gasteiger partial charge is 0.355 e. The second kappa shape index (κ2) is 7.07. The van der Waals surface area contributed by atoms with E-state index in [2.05, 4.69) is 23.0 Å². The van der Waals surface area contributed by atoms with E-state index in [9.17, 15) is 8.42 Å². The molecular weight excluding hydrogens is 340 g/mol. The van der Waals surface area contributed by atoms with Crippen LogP contribution in [-0.4, -0.2) is 8.42 Å². The Kier molecular flexibility index (Phi) is 4.87. The first-order chi connectivity index (χ1) is 11.6. The van der Waals surface area contributed by atoms with Crippen molar-refractivity contribution in [1.29, 1.82) is 0 Å². The molecule has 0 saturated heterocycles. The standard InChI is InChI=1S/C18H18N2O2S2/c1-2-14-6-3-4-7-17(14)19-15-9-11-16(12-10-15)20-24(21,22)18-8-5-13-23-18/h3-13,19-20H,2H2,1H3. The van der Waals surface area contributed by atoms with Crippen LogP contribution in [0.2, 0.25) is 0 Å². The summed E-state index contributed by atoms with van der Waals surface area (Å²) in [5.41, 5.74) is 3.75. The molecule has 0 saturated carbocycles. The van der Waals surface area contributed by atoms with Gasteiger partial charge in [0.15, 0.2) is 0 Å². The maximum atomic E-state index is 12.2. The van der Waals surface area contributed by atoms with Gasteiger partial charge in [-0.1, -0.05) is 31.2 Å². The van der Waals surface area contributed by atoms with Gasteiger partial charge in [-0.05, 0) is 53.8 Å². The van der Waals surface area contributed by atoms with E-state index in [1.807, 2.05) is 30.3 Å². The normalized spacial score (nSPS) is 11.2. The van der Waals surface area contributed by atoms with Gasteiger partial charge in [-0.2, -0.15) is 0 Å². The fourth-order valence-corrected chi connectivity index (χ4v) is 4.40. The monoisotopic (exact) mass is 358 g/mol. The Morgan fingerprint density at radius 1 is 0.917 bits per heavy atom. The summed E-state index contributed by atoms with van der Waals surface area (Å²) in [4.78, 5) is 0. The fourth-order valence-electron chi connectivity index (χ4n) is 2.35. The van der Waals surface area contributed by atoms with Crippen LogP contribution in [0, 0.1) is 0 Å². The van der Waals surface area contributed by atoms with Gasteiger partial charge in [-0.25, -0.2) is 8.42 Å². The van der Waals surface area contributed by atoms with E-state index in [1.165, 1.54) is 16.9 Å². The van der Waals surface area contributed by atoms with Gasteiger partial charge in [0.25, 0.3) is 10.0 Å². The number of aryl methyl sites for hydroxylation is 1. The third-order valence-corrected chi connectivity index (χ3v) is 6.35. The highest BCUT2D eigenvalue weighted by Gasteiger charge is 2.14. The van der Waals surface area contributed by atoms with Crippen molar-refractivity contribution in [3.63, 3.8) is 0 Å².